The van der Waals surface area contributed by atoms with Gasteiger partial charge in [0.2, 0.25) is 0 Å². The Morgan fingerprint density at radius 3 is 0.960 bits per heavy atom. The predicted molar refractivity (Wildman–Crippen MR) is 110 cm³/mol. The van der Waals surface area contributed by atoms with Crippen molar-refractivity contribution in [3.63, 3.8) is 0 Å². The van der Waals surface area contributed by atoms with Gasteiger partial charge in [0, 0.05) is 23.7 Å². The van der Waals surface area contributed by atoms with Gasteiger partial charge in [-0.3, -0.25) is 0 Å². The van der Waals surface area contributed by atoms with Crippen molar-refractivity contribution < 1.29 is 5.11 Å². The zero-order chi connectivity index (χ0) is 18.3. The Labute approximate surface area is 152 Å². The lowest BCUT2D eigenvalue weighted by molar-refractivity contribution is 0.318. The van der Waals surface area contributed by atoms with Gasteiger partial charge in [-0.1, -0.05) is 74.9 Å². The van der Waals surface area contributed by atoms with E-state index in [-0.39, 0.29) is 6.61 Å². The van der Waals surface area contributed by atoms with Crippen LogP contribution in [0.4, 0.5) is 17.1 Å². The average Bonchev–Trinajstić information content (AvgIpc) is 2.66. The standard InChI is InChI=1S/C18H15N.C3H8.C2H6O/c1-4-10-16(11-5-1)19(17-12-6-2-7-13-17)18-14-8-3-9-15-18;1-3-2;1-2-3/h1-15H;3H2,1-2H3;3H,2H2,1H3. The van der Waals surface area contributed by atoms with Gasteiger partial charge in [0.1, 0.15) is 0 Å². The lowest BCUT2D eigenvalue weighted by Crippen LogP contribution is -2.09. The highest BCUT2D eigenvalue weighted by atomic mass is 16.2. The number of benzene rings is 3. The molecule has 0 fully saturated rings. The molecule has 0 aliphatic rings. The molecule has 0 heterocycles. The zero-order valence-corrected chi connectivity index (χ0v) is 15.5. The van der Waals surface area contributed by atoms with Gasteiger partial charge in [-0.25, -0.2) is 0 Å². The summed E-state index contributed by atoms with van der Waals surface area (Å²) in [5.74, 6) is 0. The molecular formula is C23H29NO. The average molecular weight is 335 g/mol. The van der Waals surface area contributed by atoms with E-state index in [0.717, 1.165) is 0 Å². The molecule has 0 saturated heterocycles. The molecule has 0 unspecified atom stereocenters. The summed E-state index contributed by atoms with van der Waals surface area (Å²) < 4.78 is 0. The first kappa shape index (κ1) is 20.5. The van der Waals surface area contributed by atoms with Gasteiger partial charge < -0.3 is 10.0 Å². The van der Waals surface area contributed by atoms with Crippen LogP contribution in [-0.2, 0) is 0 Å². The van der Waals surface area contributed by atoms with Gasteiger partial charge in [-0.2, -0.15) is 0 Å². The van der Waals surface area contributed by atoms with Crippen LogP contribution in [-0.4, -0.2) is 11.7 Å². The third kappa shape index (κ3) is 7.23. The normalized spacial score (nSPS) is 9.12. The molecule has 3 aromatic rings. The first-order valence-electron chi connectivity index (χ1n) is 8.84. The number of hydrogen-bond donors (Lipinski definition) is 1. The van der Waals surface area contributed by atoms with E-state index in [1.165, 1.54) is 23.5 Å². The van der Waals surface area contributed by atoms with Gasteiger partial charge in [0.15, 0.2) is 0 Å². The fourth-order valence-corrected chi connectivity index (χ4v) is 2.18. The second-order valence-corrected chi connectivity index (χ2v) is 5.37. The molecule has 0 aromatic heterocycles. The van der Waals surface area contributed by atoms with Gasteiger partial charge in [-0.05, 0) is 43.3 Å². The summed E-state index contributed by atoms with van der Waals surface area (Å²) in [6.45, 7) is 6.18. The van der Waals surface area contributed by atoms with Crippen LogP contribution in [0.25, 0.3) is 0 Å². The number of aliphatic hydroxyl groups is 1. The summed E-state index contributed by atoms with van der Waals surface area (Å²) in [5, 5.41) is 7.57. The minimum absolute atomic E-state index is 0.250. The molecule has 3 rings (SSSR count). The second kappa shape index (κ2) is 12.8. The Kier molecular flexibility index (Phi) is 10.5. The molecule has 1 N–H and O–H groups in total. The summed E-state index contributed by atoms with van der Waals surface area (Å²) in [4.78, 5) is 2.25. The molecule has 0 radical (unpaired) electrons. The molecule has 3 aromatic carbocycles. The van der Waals surface area contributed by atoms with E-state index in [1.807, 2.05) is 18.2 Å². The van der Waals surface area contributed by atoms with E-state index < -0.39 is 0 Å². The van der Waals surface area contributed by atoms with Crippen LogP contribution < -0.4 is 4.90 Å². The van der Waals surface area contributed by atoms with Gasteiger partial charge >= 0.3 is 0 Å². The van der Waals surface area contributed by atoms with Crippen molar-refractivity contribution in [2.24, 2.45) is 0 Å². The third-order valence-corrected chi connectivity index (χ3v) is 3.04. The Morgan fingerprint density at radius 1 is 0.560 bits per heavy atom. The van der Waals surface area contributed by atoms with Crippen molar-refractivity contribution >= 4 is 17.1 Å². The van der Waals surface area contributed by atoms with Crippen LogP contribution in [0.5, 0.6) is 0 Å². The molecule has 2 nitrogen and oxygen atoms in total. The highest BCUT2D eigenvalue weighted by molar-refractivity contribution is 5.76. The third-order valence-electron chi connectivity index (χ3n) is 3.04. The number of hydrogen-bond acceptors (Lipinski definition) is 2. The van der Waals surface area contributed by atoms with Gasteiger partial charge in [0.25, 0.3) is 0 Å². The van der Waals surface area contributed by atoms with Crippen molar-refractivity contribution in [1.29, 1.82) is 0 Å². The quantitative estimate of drug-likeness (QED) is 0.585. The SMILES string of the molecule is CCC.CCO.c1ccc(N(c2ccccc2)c2ccccc2)cc1. The predicted octanol–water partition coefficient (Wildman–Crippen LogP) is 6.57. The maximum Gasteiger partial charge on any atom is 0.0461 e. The molecule has 0 aliphatic heterocycles. The number of anilines is 3. The molecule has 132 valence electrons. The van der Waals surface area contributed by atoms with Crippen molar-refractivity contribution in [3.05, 3.63) is 91.0 Å². The Balaban J connectivity index is 0.000000460. The molecule has 0 aliphatic carbocycles. The van der Waals surface area contributed by atoms with Crippen molar-refractivity contribution in [2.45, 2.75) is 27.2 Å². The Bertz CT molecular complexity index is 558. The molecule has 25 heavy (non-hydrogen) atoms. The minimum atomic E-state index is 0.250. The van der Waals surface area contributed by atoms with E-state index in [2.05, 4.69) is 91.5 Å². The number of nitrogens with zero attached hydrogens (tertiary/aromatic N) is 1. The largest absolute Gasteiger partial charge is 0.397 e. The summed E-state index contributed by atoms with van der Waals surface area (Å²) in [5.41, 5.74) is 3.50. The van der Waals surface area contributed by atoms with Crippen LogP contribution >= 0.6 is 0 Å². The fourth-order valence-electron chi connectivity index (χ4n) is 2.18. The van der Waals surface area contributed by atoms with Crippen molar-refractivity contribution in [3.8, 4) is 0 Å². The van der Waals surface area contributed by atoms with Gasteiger partial charge in [-0.15, -0.1) is 0 Å². The van der Waals surface area contributed by atoms with Crippen LogP contribution in [0, 0.1) is 0 Å². The first-order chi connectivity index (χ1) is 12.3. The minimum Gasteiger partial charge on any atom is -0.397 e. The summed E-state index contributed by atoms with van der Waals surface area (Å²) in [7, 11) is 0. The molecular weight excluding hydrogens is 306 g/mol. The lowest BCUT2D eigenvalue weighted by Gasteiger charge is -2.25. The Hall–Kier alpha value is -2.58. The van der Waals surface area contributed by atoms with Crippen LogP contribution in [0.3, 0.4) is 0 Å². The van der Waals surface area contributed by atoms with Crippen LogP contribution in [0.1, 0.15) is 27.2 Å². The van der Waals surface area contributed by atoms with E-state index >= 15 is 0 Å². The molecule has 0 bridgehead atoms. The summed E-state index contributed by atoms with van der Waals surface area (Å²) in [6.07, 6.45) is 1.25. The first-order valence-corrected chi connectivity index (χ1v) is 8.84. The maximum atomic E-state index is 7.57. The zero-order valence-electron chi connectivity index (χ0n) is 15.5. The highest BCUT2D eigenvalue weighted by Gasteiger charge is 2.10. The maximum absolute atomic E-state index is 7.57. The van der Waals surface area contributed by atoms with Gasteiger partial charge in [0.05, 0.1) is 0 Å². The van der Waals surface area contributed by atoms with Crippen LogP contribution in [0.2, 0.25) is 0 Å². The lowest BCUT2D eigenvalue weighted by atomic mass is 10.2. The molecule has 0 spiro atoms. The summed E-state index contributed by atoms with van der Waals surface area (Å²) in [6, 6.07) is 31.3. The Morgan fingerprint density at radius 2 is 0.760 bits per heavy atom. The van der Waals surface area contributed by atoms with E-state index in [9.17, 15) is 0 Å². The molecule has 0 amide bonds. The number of rotatable bonds is 3. The van der Waals surface area contributed by atoms with Crippen molar-refractivity contribution in [1.82, 2.24) is 0 Å². The van der Waals surface area contributed by atoms with Crippen LogP contribution in [0.15, 0.2) is 91.0 Å². The molecule has 0 atom stereocenters. The van der Waals surface area contributed by atoms with E-state index in [1.54, 1.807) is 6.92 Å². The number of aliphatic hydroxyl groups excluding tert-OH is 1. The fraction of sp³-hybridized carbons (Fsp3) is 0.217. The molecule has 2 heteroatoms. The molecule has 0 saturated carbocycles. The monoisotopic (exact) mass is 335 g/mol. The van der Waals surface area contributed by atoms with E-state index in [4.69, 9.17) is 5.11 Å². The van der Waals surface area contributed by atoms with Crippen molar-refractivity contribution in [2.75, 3.05) is 11.5 Å². The smallest absolute Gasteiger partial charge is 0.0461 e. The number of para-hydroxylation sites is 3. The second-order valence-electron chi connectivity index (χ2n) is 5.37. The summed E-state index contributed by atoms with van der Waals surface area (Å²) >= 11 is 0. The topological polar surface area (TPSA) is 23.5 Å². The highest BCUT2D eigenvalue weighted by Crippen LogP contribution is 2.33. The van der Waals surface area contributed by atoms with E-state index in [0.29, 0.717) is 0 Å².